The van der Waals surface area contributed by atoms with Crippen molar-refractivity contribution in [2.45, 2.75) is 228 Å². The van der Waals surface area contributed by atoms with Crippen molar-refractivity contribution in [3.05, 3.63) is 34.8 Å². The van der Waals surface area contributed by atoms with E-state index < -0.39 is 88.8 Å². The van der Waals surface area contributed by atoms with E-state index in [2.05, 4.69) is 27.7 Å². The molecule has 0 saturated carbocycles. The van der Waals surface area contributed by atoms with Gasteiger partial charge in [0.15, 0.2) is 35.3 Å². The summed E-state index contributed by atoms with van der Waals surface area (Å²) in [6.07, 6.45) is 6.43. The van der Waals surface area contributed by atoms with E-state index in [9.17, 15) is 24.9 Å². The second-order valence-corrected chi connectivity index (χ2v) is 21.0. The van der Waals surface area contributed by atoms with E-state index in [4.69, 9.17) is 42.6 Å². The van der Waals surface area contributed by atoms with E-state index in [0.717, 1.165) is 44.1 Å². The van der Waals surface area contributed by atoms with Gasteiger partial charge in [0.1, 0.15) is 29.7 Å². The molecule has 10 bridgehead atoms. The highest BCUT2D eigenvalue weighted by Gasteiger charge is 2.65. The molecule has 340 valence electrons. The topological polar surface area (TPSA) is 178 Å². The van der Waals surface area contributed by atoms with Crippen molar-refractivity contribution in [1.29, 1.82) is 0 Å². The van der Waals surface area contributed by atoms with E-state index >= 15 is 0 Å². The number of allylic oxidation sites excluding steroid dienone is 3. The minimum atomic E-state index is -2.09. The fourth-order valence-electron chi connectivity index (χ4n) is 12.2. The summed E-state index contributed by atoms with van der Waals surface area (Å²) in [6, 6.07) is 0. The number of rotatable bonds is 1. The number of ketones is 1. The van der Waals surface area contributed by atoms with E-state index in [1.807, 2.05) is 6.08 Å². The summed E-state index contributed by atoms with van der Waals surface area (Å²) in [4.78, 5) is 27.9. The summed E-state index contributed by atoms with van der Waals surface area (Å²) in [5.74, 6) is -5.05. The van der Waals surface area contributed by atoms with Crippen molar-refractivity contribution in [2.24, 2.45) is 11.8 Å². The minimum Gasteiger partial charge on any atom is -0.507 e. The zero-order valence-corrected chi connectivity index (χ0v) is 37.1. The molecule has 0 aliphatic carbocycles. The zero-order chi connectivity index (χ0) is 43.3. The number of aliphatic hydroxyl groups is 3. The normalized spacial score (nSPS) is 52.5. The number of hydrogen-bond donors (Lipinski definition) is 3. The molecule has 9 aliphatic heterocycles. The van der Waals surface area contributed by atoms with Crippen molar-refractivity contribution in [2.75, 3.05) is 6.61 Å². The first-order chi connectivity index (χ1) is 28.7. The summed E-state index contributed by atoms with van der Waals surface area (Å²) < 4.78 is 58.8. The van der Waals surface area contributed by atoms with Crippen LogP contribution in [0.2, 0.25) is 0 Å². The molecule has 61 heavy (non-hydrogen) atoms. The van der Waals surface area contributed by atoms with Crippen LogP contribution in [0.4, 0.5) is 0 Å². The van der Waals surface area contributed by atoms with Gasteiger partial charge < -0.3 is 58.0 Å². The van der Waals surface area contributed by atoms with Crippen LogP contribution in [-0.4, -0.2) is 117 Å². The Morgan fingerprint density at radius 1 is 0.787 bits per heavy atom. The van der Waals surface area contributed by atoms with Gasteiger partial charge >= 0.3 is 5.97 Å². The zero-order valence-electron chi connectivity index (χ0n) is 37.1. The van der Waals surface area contributed by atoms with Crippen LogP contribution in [0.5, 0.6) is 0 Å². The number of carbonyl (C=O) groups is 2. The van der Waals surface area contributed by atoms with Gasteiger partial charge in [-0.25, -0.2) is 0 Å². The molecule has 16 atom stereocenters. The molecule has 0 radical (unpaired) electrons. The average molecular weight is 857 g/mol. The van der Waals surface area contributed by atoms with Gasteiger partial charge in [0, 0.05) is 38.5 Å². The molecular weight excluding hydrogens is 789 g/mol. The Bertz CT molecular complexity index is 1850. The van der Waals surface area contributed by atoms with E-state index in [1.54, 1.807) is 26.8 Å². The number of esters is 1. The number of ether oxygens (including phenoxy) is 9. The van der Waals surface area contributed by atoms with Crippen LogP contribution < -0.4 is 0 Å². The van der Waals surface area contributed by atoms with Gasteiger partial charge in [0.2, 0.25) is 0 Å². The van der Waals surface area contributed by atoms with Gasteiger partial charge in [-0.3, -0.25) is 9.59 Å². The Labute approximate surface area is 359 Å². The van der Waals surface area contributed by atoms with Gasteiger partial charge in [0.05, 0.1) is 42.0 Å². The van der Waals surface area contributed by atoms with Crippen molar-refractivity contribution in [1.82, 2.24) is 0 Å². The number of aliphatic hydroxyl groups excluding tert-OH is 2. The maximum absolute atomic E-state index is 14.0. The monoisotopic (exact) mass is 856 g/mol. The Morgan fingerprint density at radius 3 is 2.38 bits per heavy atom. The van der Waals surface area contributed by atoms with Gasteiger partial charge in [-0.2, -0.15) is 0 Å². The van der Waals surface area contributed by atoms with Gasteiger partial charge in [-0.1, -0.05) is 18.6 Å². The Kier molecular flexibility index (Phi) is 11.2. The first kappa shape index (κ1) is 43.8. The summed E-state index contributed by atoms with van der Waals surface area (Å²) in [5, 5.41) is 34.6. The lowest BCUT2D eigenvalue weighted by Gasteiger charge is -2.47. The lowest BCUT2D eigenvalue weighted by molar-refractivity contribution is -0.359. The number of fused-ring (bicyclic) bond motifs is 10. The molecule has 14 nitrogen and oxygen atoms in total. The maximum Gasteiger partial charge on any atom is 0.312 e. The molecule has 0 aromatic carbocycles. The molecule has 7 saturated heterocycles. The maximum atomic E-state index is 14.0. The minimum absolute atomic E-state index is 0.0213. The van der Waals surface area contributed by atoms with E-state index in [0.29, 0.717) is 56.3 Å². The number of Topliss-reactive ketones (excluding diaryl/α,β-unsaturated/α-hetero) is 1. The molecule has 7 fully saturated rings. The fourth-order valence-corrected chi connectivity index (χ4v) is 12.2. The third-order valence-corrected chi connectivity index (χ3v) is 15.6. The molecular formula is C47H68O14. The Balaban J connectivity index is 1.01. The fraction of sp³-hybridized carbons (Fsp3) is 0.830. The van der Waals surface area contributed by atoms with Gasteiger partial charge in [-0.15, -0.1) is 0 Å². The molecule has 0 aromatic heterocycles. The standard InChI is InChI=1S/C47H68O14/c1-26-10-11-32-34(22-37(54-32)47(52)39(49)28(3)14-20-53-47)55-41(51)29(4)31-9-8-15-45(56-31)17-12-33(57-45)40(50)44(7)24-30(48)38(60-44)35-25-43(6)18-19-46(58-35,61-43)36-13-16-42(5,59-36)23-27(2)21-26/h10-11,27,29,31,33-38,40,49-50,52H,8-9,12-25H2,1-7H3/b26-10+,32-11-/t27-,29+,31-,33-,34+,35?,36+,37-,38-,40-,42+,43-,44+,45+,46-,47+/m0/s1. The second kappa shape index (κ2) is 15.6. The number of hydrogen-bond acceptors (Lipinski definition) is 14. The highest BCUT2D eigenvalue weighted by Crippen LogP contribution is 2.55. The summed E-state index contributed by atoms with van der Waals surface area (Å²) in [6.45, 7) is 14.0. The molecule has 2 spiro atoms. The van der Waals surface area contributed by atoms with Crippen LogP contribution in [0.15, 0.2) is 34.8 Å². The first-order valence-electron chi connectivity index (χ1n) is 23.0. The summed E-state index contributed by atoms with van der Waals surface area (Å²) in [7, 11) is 0. The summed E-state index contributed by atoms with van der Waals surface area (Å²) in [5.41, 5.74) is -0.443. The van der Waals surface area contributed by atoms with Crippen molar-refractivity contribution >= 4 is 11.8 Å². The largest absolute Gasteiger partial charge is 0.507 e. The van der Waals surface area contributed by atoms with Crippen LogP contribution in [0.3, 0.4) is 0 Å². The first-order valence-corrected chi connectivity index (χ1v) is 23.0. The molecule has 9 aliphatic rings. The molecule has 0 aromatic rings. The summed E-state index contributed by atoms with van der Waals surface area (Å²) >= 11 is 0. The van der Waals surface area contributed by atoms with Crippen LogP contribution >= 0.6 is 0 Å². The molecule has 1 unspecified atom stereocenters. The highest BCUT2D eigenvalue weighted by molar-refractivity contribution is 5.86. The van der Waals surface area contributed by atoms with E-state index in [-0.39, 0.29) is 43.0 Å². The quantitative estimate of drug-likeness (QED) is 0.246. The third-order valence-electron chi connectivity index (χ3n) is 15.6. The van der Waals surface area contributed by atoms with Gasteiger partial charge in [0.25, 0.3) is 5.79 Å². The van der Waals surface area contributed by atoms with Crippen LogP contribution in [0.25, 0.3) is 0 Å². The Morgan fingerprint density at radius 2 is 1.57 bits per heavy atom. The van der Waals surface area contributed by atoms with Crippen LogP contribution in [0.1, 0.15) is 145 Å². The second-order valence-electron chi connectivity index (χ2n) is 21.0. The molecule has 9 heterocycles. The van der Waals surface area contributed by atoms with Crippen LogP contribution in [0, 0.1) is 11.8 Å². The number of carbonyl (C=O) groups excluding carboxylic acids is 2. The molecule has 0 amide bonds. The Hall–Kier alpha value is -2.40. The van der Waals surface area contributed by atoms with Crippen molar-refractivity contribution < 1.29 is 67.5 Å². The van der Waals surface area contributed by atoms with Crippen molar-refractivity contribution in [3.63, 3.8) is 0 Å². The average Bonchev–Trinajstić information content (AvgIpc) is 4.02. The smallest absolute Gasteiger partial charge is 0.312 e. The van der Waals surface area contributed by atoms with Gasteiger partial charge in [-0.05, 0) is 117 Å². The van der Waals surface area contributed by atoms with E-state index in [1.165, 1.54) is 0 Å². The lowest BCUT2D eigenvalue weighted by Crippen LogP contribution is -2.57. The predicted molar refractivity (Wildman–Crippen MR) is 218 cm³/mol. The predicted octanol–water partition coefficient (Wildman–Crippen LogP) is 6.44. The van der Waals surface area contributed by atoms with Crippen molar-refractivity contribution in [3.8, 4) is 0 Å². The molecule has 9 rings (SSSR count). The van der Waals surface area contributed by atoms with Crippen LogP contribution in [-0.2, 0) is 52.2 Å². The molecule has 3 N–H and O–H groups in total. The third kappa shape index (κ3) is 7.96. The highest BCUT2D eigenvalue weighted by atomic mass is 16.8. The SMILES string of the molecule is CC1=C(O)[C@@](O)([C@@H]2C[C@H]3OC(=O)[C@H](C)[C@@H]4CCC[C@@]5(CC[C@H](O5)[C@H](O)[C@@]5(C)CC(=O)[C@H](O5)C5C[C@]6(C)CC[C@](O5)(O6)[C@H]5CC[C@](C)(C[C@@H](C)C/C(C)=C/C=C/3O2)O5)O4)OCC1. The molecule has 14 heteroatoms. The lowest BCUT2D eigenvalue weighted by atomic mass is 9.87.